The molecule has 11 heteroatoms. The normalized spacial score (nSPS) is 11.8. The highest BCUT2D eigenvalue weighted by Gasteiger charge is 2.32. The molecule has 2 amide bonds. The van der Waals surface area contributed by atoms with Gasteiger partial charge in [-0.15, -0.1) is 0 Å². The highest BCUT2D eigenvalue weighted by Crippen LogP contribution is 2.33. The number of rotatable bonds is 12. The van der Waals surface area contributed by atoms with Gasteiger partial charge in [-0.2, -0.15) is 0 Å². The van der Waals surface area contributed by atoms with Gasteiger partial charge < -0.3 is 24.4 Å². The summed E-state index contributed by atoms with van der Waals surface area (Å²) < 4.78 is 42.2. The molecule has 2 aromatic rings. The van der Waals surface area contributed by atoms with Crippen LogP contribution in [0.2, 0.25) is 0 Å². The number of ether oxygens (including phenoxy) is 3. The SMILES string of the molecule is CC[C@@H](C(=O)NC)N(Cc1ccc(OC)cc1)C(=O)CN(c1ccc(OC)cc1OC)S(C)(=O)=O. The van der Waals surface area contributed by atoms with Gasteiger partial charge in [0.05, 0.1) is 33.3 Å². The van der Waals surface area contributed by atoms with E-state index in [-0.39, 0.29) is 23.9 Å². The van der Waals surface area contributed by atoms with Gasteiger partial charge >= 0.3 is 0 Å². The molecule has 0 spiro atoms. The monoisotopic (exact) mass is 507 g/mol. The van der Waals surface area contributed by atoms with Gasteiger partial charge in [-0.1, -0.05) is 19.1 Å². The third kappa shape index (κ3) is 7.01. The minimum atomic E-state index is -3.89. The van der Waals surface area contributed by atoms with Crippen molar-refractivity contribution in [3.8, 4) is 17.2 Å². The summed E-state index contributed by atoms with van der Waals surface area (Å²) in [6.07, 6.45) is 1.35. The molecule has 0 bridgehead atoms. The Morgan fingerprint density at radius 2 is 1.57 bits per heavy atom. The molecule has 35 heavy (non-hydrogen) atoms. The van der Waals surface area contributed by atoms with E-state index in [1.807, 2.05) is 0 Å². The zero-order chi connectivity index (χ0) is 26.2. The predicted molar refractivity (Wildman–Crippen MR) is 133 cm³/mol. The van der Waals surface area contributed by atoms with Crippen LogP contribution in [0.15, 0.2) is 42.5 Å². The molecule has 0 saturated carbocycles. The van der Waals surface area contributed by atoms with Crippen molar-refractivity contribution >= 4 is 27.5 Å². The Labute approximate surface area is 206 Å². The Morgan fingerprint density at radius 3 is 2.06 bits per heavy atom. The largest absolute Gasteiger partial charge is 0.497 e. The summed E-state index contributed by atoms with van der Waals surface area (Å²) in [7, 11) is 2.03. The number of benzene rings is 2. The van der Waals surface area contributed by atoms with Crippen LogP contribution in [0, 0.1) is 0 Å². The first-order valence-electron chi connectivity index (χ1n) is 10.9. The van der Waals surface area contributed by atoms with E-state index in [9.17, 15) is 18.0 Å². The van der Waals surface area contributed by atoms with Gasteiger partial charge in [0.1, 0.15) is 29.8 Å². The van der Waals surface area contributed by atoms with Crippen LogP contribution in [-0.4, -0.2) is 72.4 Å². The number of hydrogen-bond acceptors (Lipinski definition) is 7. The van der Waals surface area contributed by atoms with E-state index in [1.54, 1.807) is 44.4 Å². The van der Waals surface area contributed by atoms with Crippen molar-refractivity contribution in [2.45, 2.75) is 25.9 Å². The summed E-state index contributed by atoms with van der Waals surface area (Å²) in [5.74, 6) is 0.460. The standard InChI is InChI=1S/C24H33N3O7S/c1-7-20(24(29)25-2)26(15-17-8-10-18(32-3)11-9-17)23(28)16-27(35(6,30)31)21-13-12-19(33-4)14-22(21)34-5/h8-14,20H,7,15-16H2,1-6H3,(H,25,29)/t20-/m0/s1. The van der Waals surface area contributed by atoms with Crippen molar-refractivity contribution in [3.05, 3.63) is 48.0 Å². The third-order valence-electron chi connectivity index (χ3n) is 5.48. The average Bonchev–Trinajstić information content (AvgIpc) is 2.86. The van der Waals surface area contributed by atoms with E-state index in [2.05, 4.69) is 5.32 Å². The number of hydrogen-bond donors (Lipinski definition) is 1. The molecule has 10 nitrogen and oxygen atoms in total. The molecule has 2 rings (SSSR count). The maximum atomic E-state index is 13.6. The van der Waals surface area contributed by atoms with Crippen LogP contribution >= 0.6 is 0 Å². The number of carbonyl (C=O) groups excluding carboxylic acids is 2. The van der Waals surface area contributed by atoms with Crippen molar-refractivity contribution in [2.24, 2.45) is 0 Å². The average molecular weight is 508 g/mol. The number of likely N-dealkylation sites (N-methyl/N-ethyl adjacent to an activating group) is 1. The zero-order valence-electron chi connectivity index (χ0n) is 20.9. The van der Waals surface area contributed by atoms with Crippen LogP contribution in [0.4, 0.5) is 5.69 Å². The van der Waals surface area contributed by atoms with Crippen molar-refractivity contribution in [3.63, 3.8) is 0 Å². The van der Waals surface area contributed by atoms with Crippen LogP contribution in [-0.2, 0) is 26.2 Å². The molecule has 0 aliphatic heterocycles. The number of nitrogens with one attached hydrogen (secondary N) is 1. The fourth-order valence-corrected chi connectivity index (χ4v) is 4.45. The Morgan fingerprint density at radius 1 is 0.971 bits per heavy atom. The van der Waals surface area contributed by atoms with Gasteiger partial charge in [0.25, 0.3) is 0 Å². The van der Waals surface area contributed by atoms with Gasteiger partial charge in [-0.05, 0) is 36.2 Å². The lowest BCUT2D eigenvalue weighted by Crippen LogP contribution is -2.51. The van der Waals surface area contributed by atoms with Gasteiger partial charge in [0.2, 0.25) is 21.8 Å². The fourth-order valence-electron chi connectivity index (χ4n) is 3.60. The molecule has 0 aliphatic carbocycles. The zero-order valence-corrected chi connectivity index (χ0v) is 21.7. The molecule has 0 aromatic heterocycles. The summed E-state index contributed by atoms with van der Waals surface area (Å²) in [5, 5.41) is 2.58. The fraction of sp³-hybridized carbons (Fsp3) is 0.417. The lowest BCUT2D eigenvalue weighted by molar-refractivity contribution is -0.140. The second-order valence-electron chi connectivity index (χ2n) is 7.72. The smallest absolute Gasteiger partial charge is 0.244 e. The summed E-state index contributed by atoms with van der Waals surface area (Å²) in [5.41, 5.74) is 0.941. The summed E-state index contributed by atoms with van der Waals surface area (Å²) >= 11 is 0. The lowest BCUT2D eigenvalue weighted by atomic mass is 10.1. The van der Waals surface area contributed by atoms with E-state index in [1.165, 1.54) is 38.3 Å². The van der Waals surface area contributed by atoms with Crippen LogP contribution in [0.3, 0.4) is 0 Å². The molecule has 0 saturated heterocycles. The van der Waals surface area contributed by atoms with Gasteiger partial charge in [0.15, 0.2) is 0 Å². The van der Waals surface area contributed by atoms with Crippen LogP contribution in [0.25, 0.3) is 0 Å². The summed E-state index contributed by atoms with van der Waals surface area (Å²) in [6, 6.07) is 10.9. The Kier molecular flexibility index (Phi) is 9.76. The number of methoxy groups -OCH3 is 3. The molecule has 2 aromatic carbocycles. The number of anilines is 1. The molecule has 1 atom stereocenters. The van der Waals surface area contributed by atoms with Crippen LogP contribution in [0.5, 0.6) is 17.2 Å². The first-order chi connectivity index (χ1) is 16.6. The molecular weight excluding hydrogens is 474 g/mol. The molecule has 192 valence electrons. The summed E-state index contributed by atoms with van der Waals surface area (Å²) in [6.45, 7) is 1.37. The van der Waals surface area contributed by atoms with Crippen LogP contribution in [0.1, 0.15) is 18.9 Å². The number of amides is 2. The van der Waals surface area contributed by atoms with Crippen molar-refractivity contribution in [2.75, 3.05) is 45.5 Å². The van der Waals surface area contributed by atoms with E-state index < -0.39 is 28.5 Å². The maximum Gasteiger partial charge on any atom is 0.244 e. The number of carbonyl (C=O) groups is 2. The van der Waals surface area contributed by atoms with Crippen molar-refractivity contribution in [1.82, 2.24) is 10.2 Å². The molecular formula is C24H33N3O7S. The van der Waals surface area contributed by atoms with E-state index >= 15 is 0 Å². The first kappa shape index (κ1) is 27.8. The highest BCUT2D eigenvalue weighted by molar-refractivity contribution is 7.92. The van der Waals surface area contributed by atoms with E-state index in [4.69, 9.17) is 14.2 Å². The topological polar surface area (TPSA) is 114 Å². The minimum Gasteiger partial charge on any atom is -0.497 e. The molecule has 0 heterocycles. The van der Waals surface area contributed by atoms with E-state index in [0.29, 0.717) is 17.9 Å². The van der Waals surface area contributed by atoms with Gasteiger partial charge in [-0.3, -0.25) is 13.9 Å². The molecule has 0 radical (unpaired) electrons. The molecule has 0 unspecified atom stereocenters. The Bertz CT molecular complexity index is 1120. The second-order valence-corrected chi connectivity index (χ2v) is 9.62. The maximum absolute atomic E-state index is 13.6. The third-order valence-corrected chi connectivity index (χ3v) is 6.61. The second kappa shape index (κ2) is 12.3. The predicted octanol–water partition coefficient (Wildman–Crippen LogP) is 2.03. The quantitative estimate of drug-likeness (QED) is 0.468. The first-order valence-corrected chi connectivity index (χ1v) is 12.8. The molecule has 0 aliphatic rings. The Balaban J connectivity index is 2.48. The minimum absolute atomic E-state index is 0.103. The van der Waals surface area contributed by atoms with E-state index in [0.717, 1.165) is 16.1 Å². The van der Waals surface area contributed by atoms with Crippen molar-refractivity contribution in [1.29, 1.82) is 0 Å². The molecule has 1 N–H and O–H groups in total. The highest BCUT2D eigenvalue weighted by atomic mass is 32.2. The van der Waals surface area contributed by atoms with Gasteiger partial charge in [-0.25, -0.2) is 8.42 Å². The summed E-state index contributed by atoms with van der Waals surface area (Å²) in [4.78, 5) is 27.6. The number of sulfonamides is 1. The number of nitrogens with zero attached hydrogens (tertiary/aromatic N) is 2. The van der Waals surface area contributed by atoms with Crippen LogP contribution < -0.4 is 23.8 Å². The Hall–Kier alpha value is -3.47. The van der Waals surface area contributed by atoms with Crippen molar-refractivity contribution < 1.29 is 32.2 Å². The molecule has 0 fully saturated rings. The van der Waals surface area contributed by atoms with Gasteiger partial charge in [0, 0.05) is 19.7 Å². The lowest BCUT2D eigenvalue weighted by Gasteiger charge is -2.33.